The smallest absolute Gasteiger partial charge is 0.319 e. The topological polar surface area (TPSA) is 38.7 Å². The summed E-state index contributed by atoms with van der Waals surface area (Å²) in [5.74, 6) is -0.411. The van der Waals surface area contributed by atoms with Gasteiger partial charge in [0.05, 0.1) is 6.21 Å². The molecular weight excluding hydrogens is 238 g/mol. The number of rotatable bonds is 3. The average Bonchev–Trinajstić information content (AvgIpc) is 2.71. The number of nitrogens with zero attached hydrogens (tertiary/aromatic N) is 1. The monoisotopic (exact) mass is 255 g/mol. The lowest BCUT2D eigenvalue weighted by Gasteiger charge is -2.14. The molecule has 0 unspecified atom stereocenters. The van der Waals surface area contributed by atoms with E-state index in [-0.39, 0.29) is 5.41 Å². The predicted molar refractivity (Wildman–Crippen MR) is 77.5 cm³/mol. The van der Waals surface area contributed by atoms with Gasteiger partial charge in [0, 0.05) is 12.3 Å². The van der Waals surface area contributed by atoms with Gasteiger partial charge in [0.25, 0.3) is 0 Å². The summed E-state index contributed by atoms with van der Waals surface area (Å²) in [7, 11) is 0. The molecule has 0 atom stereocenters. The number of carbonyl (C=O) groups excluding carboxylic acids is 1. The van der Waals surface area contributed by atoms with Crippen LogP contribution in [0.25, 0.3) is 11.6 Å². The molecule has 0 saturated carbocycles. The minimum absolute atomic E-state index is 0.285. The molecule has 0 amide bonds. The summed E-state index contributed by atoms with van der Waals surface area (Å²) in [6, 6.07) is 8.24. The second kappa shape index (κ2) is 5.22. The van der Waals surface area contributed by atoms with Crippen LogP contribution in [0.1, 0.15) is 31.9 Å². The standard InChI is InChI=1S/C16H17NO2/c1-12(18)19-17-11-16(2,3)10-14-9-8-13-6-4-5-7-15(13)14/h4-11H,1-3H3/b14-10+,17-11+. The van der Waals surface area contributed by atoms with E-state index in [1.54, 1.807) is 6.21 Å². The van der Waals surface area contributed by atoms with E-state index in [4.69, 9.17) is 0 Å². The molecule has 1 aliphatic rings. The number of benzene rings is 1. The maximum absolute atomic E-state index is 10.7. The first-order valence-corrected chi connectivity index (χ1v) is 6.20. The molecule has 1 aromatic carbocycles. The van der Waals surface area contributed by atoms with Crippen LogP contribution in [0.15, 0.2) is 41.6 Å². The maximum Gasteiger partial charge on any atom is 0.331 e. The number of hydrogen-bond donors (Lipinski definition) is 0. The summed E-state index contributed by atoms with van der Waals surface area (Å²) in [6.07, 6.45) is 7.94. The number of hydrogen-bond acceptors (Lipinski definition) is 3. The molecule has 0 radical (unpaired) electrons. The van der Waals surface area contributed by atoms with Gasteiger partial charge in [-0.05, 0) is 16.7 Å². The van der Waals surface area contributed by atoms with Crippen molar-refractivity contribution >= 4 is 23.8 Å². The first kappa shape index (κ1) is 13.3. The molecule has 1 aromatic rings. The van der Waals surface area contributed by atoms with Crippen molar-refractivity contribution in [1.82, 2.24) is 0 Å². The fourth-order valence-electron chi connectivity index (χ4n) is 1.97. The second-order valence-electron chi connectivity index (χ2n) is 5.16. The Bertz CT molecular complexity index is 580. The number of allylic oxidation sites excluding steroid dienone is 3. The maximum atomic E-state index is 10.7. The molecular formula is C16H17NO2. The van der Waals surface area contributed by atoms with Crippen LogP contribution in [-0.2, 0) is 9.63 Å². The summed E-state index contributed by atoms with van der Waals surface area (Å²) in [5.41, 5.74) is 3.32. The van der Waals surface area contributed by atoms with E-state index in [1.165, 1.54) is 18.1 Å². The van der Waals surface area contributed by atoms with Gasteiger partial charge in [-0.15, -0.1) is 0 Å². The molecule has 0 fully saturated rings. The highest BCUT2D eigenvalue weighted by molar-refractivity contribution is 5.91. The van der Waals surface area contributed by atoms with Gasteiger partial charge in [0.1, 0.15) is 0 Å². The van der Waals surface area contributed by atoms with Crippen LogP contribution < -0.4 is 0 Å². The van der Waals surface area contributed by atoms with Crippen molar-refractivity contribution in [2.24, 2.45) is 10.6 Å². The van der Waals surface area contributed by atoms with Crippen LogP contribution in [0.2, 0.25) is 0 Å². The Morgan fingerprint density at radius 3 is 2.74 bits per heavy atom. The number of carbonyl (C=O) groups is 1. The summed E-state index contributed by atoms with van der Waals surface area (Å²) < 4.78 is 0. The third-order valence-corrected chi connectivity index (χ3v) is 2.81. The fraction of sp³-hybridized carbons (Fsp3) is 0.250. The van der Waals surface area contributed by atoms with Crippen molar-refractivity contribution < 1.29 is 9.63 Å². The number of fused-ring (bicyclic) bond motifs is 1. The molecule has 3 heteroatoms. The van der Waals surface area contributed by atoms with Crippen LogP contribution in [0.3, 0.4) is 0 Å². The Labute approximate surface area is 113 Å². The van der Waals surface area contributed by atoms with E-state index >= 15 is 0 Å². The van der Waals surface area contributed by atoms with E-state index in [0.717, 1.165) is 5.57 Å². The Kier molecular flexibility index (Phi) is 3.65. The Balaban J connectivity index is 2.20. The van der Waals surface area contributed by atoms with Crippen LogP contribution >= 0.6 is 0 Å². The minimum atomic E-state index is -0.411. The van der Waals surface area contributed by atoms with Crippen LogP contribution in [0.4, 0.5) is 0 Å². The number of oxime groups is 1. The SMILES string of the molecule is CC(=O)O/N=C/C(C)(C)/C=C1\C=Cc2ccccc21. The van der Waals surface area contributed by atoms with Gasteiger partial charge in [0.15, 0.2) is 0 Å². The molecule has 0 bridgehead atoms. The highest BCUT2D eigenvalue weighted by Crippen LogP contribution is 2.32. The van der Waals surface area contributed by atoms with Crippen LogP contribution in [0, 0.1) is 5.41 Å². The summed E-state index contributed by atoms with van der Waals surface area (Å²) in [4.78, 5) is 15.3. The molecule has 2 rings (SSSR count). The van der Waals surface area contributed by atoms with Gasteiger partial charge in [-0.2, -0.15) is 0 Å². The molecule has 0 aliphatic heterocycles. The van der Waals surface area contributed by atoms with Gasteiger partial charge in [-0.1, -0.05) is 61.5 Å². The third-order valence-electron chi connectivity index (χ3n) is 2.81. The molecule has 0 saturated heterocycles. The lowest BCUT2D eigenvalue weighted by atomic mass is 9.90. The molecule has 19 heavy (non-hydrogen) atoms. The van der Waals surface area contributed by atoms with Crippen molar-refractivity contribution in [2.45, 2.75) is 20.8 Å². The molecule has 0 aromatic heterocycles. The molecule has 0 spiro atoms. The van der Waals surface area contributed by atoms with Crippen molar-refractivity contribution in [1.29, 1.82) is 0 Å². The van der Waals surface area contributed by atoms with Crippen molar-refractivity contribution in [3.05, 3.63) is 47.5 Å². The normalized spacial score (nSPS) is 16.1. The Morgan fingerprint density at radius 1 is 1.26 bits per heavy atom. The molecule has 1 aliphatic carbocycles. The van der Waals surface area contributed by atoms with E-state index in [2.05, 4.69) is 40.4 Å². The lowest BCUT2D eigenvalue weighted by molar-refractivity contribution is -0.140. The van der Waals surface area contributed by atoms with Gasteiger partial charge >= 0.3 is 5.97 Å². The molecule has 98 valence electrons. The first-order chi connectivity index (χ1) is 8.98. The lowest BCUT2D eigenvalue weighted by Crippen LogP contribution is -2.10. The summed E-state index contributed by atoms with van der Waals surface area (Å²) in [5, 5.41) is 3.70. The van der Waals surface area contributed by atoms with E-state index in [9.17, 15) is 4.79 Å². The fourth-order valence-corrected chi connectivity index (χ4v) is 1.97. The Hall–Kier alpha value is -2.16. The molecule has 0 N–H and O–H groups in total. The summed E-state index contributed by atoms with van der Waals surface area (Å²) >= 11 is 0. The van der Waals surface area contributed by atoms with Gasteiger partial charge < -0.3 is 4.84 Å². The zero-order valence-corrected chi connectivity index (χ0v) is 11.4. The first-order valence-electron chi connectivity index (χ1n) is 6.20. The van der Waals surface area contributed by atoms with E-state index in [0.29, 0.717) is 0 Å². The van der Waals surface area contributed by atoms with Gasteiger partial charge in [-0.3, -0.25) is 0 Å². The highest BCUT2D eigenvalue weighted by atomic mass is 16.7. The van der Waals surface area contributed by atoms with Crippen molar-refractivity contribution in [3.63, 3.8) is 0 Å². The highest BCUT2D eigenvalue weighted by Gasteiger charge is 2.17. The van der Waals surface area contributed by atoms with Crippen molar-refractivity contribution in [2.75, 3.05) is 0 Å². The predicted octanol–water partition coefficient (Wildman–Crippen LogP) is 3.67. The van der Waals surface area contributed by atoms with Crippen LogP contribution in [0.5, 0.6) is 0 Å². The minimum Gasteiger partial charge on any atom is -0.319 e. The van der Waals surface area contributed by atoms with Crippen molar-refractivity contribution in [3.8, 4) is 0 Å². The van der Waals surface area contributed by atoms with Gasteiger partial charge in [-0.25, -0.2) is 4.79 Å². The average molecular weight is 255 g/mol. The van der Waals surface area contributed by atoms with Crippen LogP contribution in [-0.4, -0.2) is 12.2 Å². The zero-order chi connectivity index (χ0) is 13.9. The third kappa shape index (κ3) is 3.41. The largest absolute Gasteiger partial charge is 0.331 e. The quantitative estimate of drug-likeness (QED) is 0.469. The summed E-state index contributed by atoms with van der Waals surface area (Å²) in [6.45, 7) is 5.36. The zero-order valence-electron chi connectivity index (χ0n) is 11.4. The molecule has 0 heterocycles. The van der Waals surface area contributed by atoms with E-state index < -0.39 is 5.97 Å². The Morgan fingerprint density at radius 2 is 2.00 bits per heavy atom. The molecule has 3 nitrogen and oxygen atoms in total. The second-order valence-corrected chi connectivity index (χ2v) is 5.16. The van der Waals surface area contributed by atoms with Gasteiger partial charge in [0.2, 0.25) is 0 Å². The van der Waals surface area contributed by atoms with E-state index in [1.807, 2.05) is 26.0 Å².